The highest BCUT2D eigenvalue weighted by molar-refractivity contribution is 7.90. The standard InChI is InChI=1S/C14H14F3NO4S/c1-22-12-7-10(3-4-11(12)8-18)5-6-13(19,14(15,16)17)9-23(2,20)21/h3-7,19H,9H2,1-2H3/b6-5+. The van der Waals surface area contributed by atoms with E-state index in [-0.39, 0.29) is 16.9 Å². The summed E-state index contributed by atoms with van der Waals surface area (Å²) in [6, 6.07) is 5.82. The van der Waals surface area contributed by atoms with Crippen molar-refractivity contribution in [3.8, 4) is 11.8 Å². The van der Waals surface area contributed by atoms with Gasteiger partial charge < -0.3 is 9.84 Å². The van der Waals surface area contributed by atoms with Crippen LogP contribution in [-0.4, -0.2) is 44.4 Å². The Kier molecular flexibility index (Phi) is 5.45. The van der Waals surface area contributed by atoms with Gasteiger partial charge in [-0.15, -0.1) is 0 Å². The molecule has 126 valence electrons. The topological polar surface area (TPSA) is 87.4 Å². The van der Waals surface area contributed by atoms with Crippen molar-refractivity contribution in [3.63, 3.8) is 0 Å². The zero-order valence-electron chi connectivity index (χ0n) is 12.3. The number of rotatable bonds is 5. The third kappa shape index (κ3) is 4.97. The maximum atomic E-state index is 13.0. The monoisotopic (exact) mass is 349 g/mol. The molecule has 0 amide bonds. The van der Waals surface area contributed by atoms with E-state index in [0.29, 0.717) is 12.3 Å². The third-order valence-electron chi connectivity index (χ3n) is 2.87. The molecule has 1 unspecified atom stereocenters. The minimum Gasteiger partial charge on any atom is -0.495 e. The molecule has 0 fully saturated rings. The van der Waals surface area contributed by atoms with Crippen molar-refractivity contribution in [2.45, 2.75) is 11.8 Å². The molecular formula is C14H14F3NO4S. The second kappa shape index (κ2) is 6.60. The lowest BCUT2D eigenvalue weighted by atomic mass is 10.0. The number of hydrogen-bond donors (Lipinski definition) is 1. The predicted octanol–water partition coefficient (Wildman–Crippen LogP) is 1.92. The van der Waals surface area contributed by atoms with Crippen molar-refractivity contribution in [3.05, 3.63) is 35.4 Å². The number of sulfone groups is 1. The first-order valence-corrected chi connectivity index (χ1v) is 8.22. The smallest absolute Gasteiger partial charge is 0.421 e. The molecule has 0 radical (unpaired) electrons. The molecule has 1 rings (SSSR count). The molecule has 9 heteroatoms. The van der Waals surface area contributed by atoms with Crippen LogP contribution in [-0.2, 0) is 9.84 Å². The molecule has 0 aromatic heterocycles. The van der Waals surface area contributed by atoms with Crippen LogP contribution in [0.4, 0.5) is 13.2 Å². The zero-order valence-corrected chi connectivity index (χ0v) is 13.1. The van der Waals surface area contributed by atoms with E-state index >= 15 is 0 Å². The Morgan fingerprint density at radius 3 is 2.43 bits per heavy atom. The van der Waals surface area contributed by atoms with E-state index in [4.69, 9.17) is 10.00 Å². The SMILES string of the molecule is COc1cc(/C=C/C(O)(CS(C)(=O)=O)C(F)(F)F)ccc1C#N. The number of alkyl halides is 3. The van der Waals surface area contributed by atoms with Gasteiger partial charge in [-0.2, -0.15) is 18.4 Å². The number of ether oxygens (including phenoxy) is 1. The fraction of sp³-hybridized carbons (Fsp3) is 0.357. The Hall–Kier alpha value is -2.05. The number of benzene rings is 1. The van der Waals surface area contributed by atoms with Crippen LogP contribution in [0.15, 0.2) is 24.3 Å². The first kappa shape index (κ1) is 19.0. The molecule has 0 bridgehead atoms. The Bertz CT molecular complexity index is 750. The second-order valence-corrected chi connectivity index (χ2v) is 7.04. The van der Waals surface area contributed by atoms with Gasteiger partial charge >= 0.3 is 6.18 Å². The summed E-state index contributed by atoms with van der Waals surface area (Å²) in [6.45, 7) is 0. The van der Waals surface area contributed by atoms with Crippen molar-refractivity contribution < 1.29 is 31.4 Å². The molecule has 0 spiro atoms. The van der Waals surface area contributed by atoms with Crippen LogP contribution in [0.2, 0.25) is 0 Å². The van der Waals surface area contributed by atoms with Crippen LogP contribution in [0.3, 0.4) is 0 Å². The van der Waals surface area contributed by atoms with Gasteiger partial charge in [0.25, 0.3) is 0 Å². The minimum absolute atomic E-state index is 0.147. The number of nitrogens with zero attached hydrogens (tertiary/aromatic N) is 1. The van der Waals surface area contributed by atoms with E-state index in [0.717, 1.165) is 6.08 Å². The first-order valence-electron chi connectivity index (χ1n) is 6.16. The molecule has 0 aliphatic carbocycles. The van der Waals surface area contributed by atoms with E-state index < -0.39 is 27.4 Å². The van der Waals surface area contributed by atoms with Crippen molar-refractivity contribution in [2.24, 2.45) is 0 Å². The summed E-state index contributed by atoms with van der Waals surface area (Å²) in [5.41, 5.74) is -3.12. The third-order valence-corrected chi connectivity index (χ3v) is 3.84. The van der Waals surface area contributed by atoms with Gasteiger partial charge in [-0.1, -0.05) is 12.1 Å². The van der Waals surface area contributed by atoms with E-state index in [9.17, 15) is 26.7 Å². The first-order chi connectivity index (χ1) is 10.4. The van der Waals surface area contributed by atoms with Gasteiger partial charge in [-0.3, -0.25) is 0 Å². The molecule has 0 aliphatic heterocycles. The average Bonchev–Trinajstić information content (AvgIpc) is 2.41. The lowest BCUT2D eigenvalue weighted by Gasteiger charge is -2.26. The summed E-state index contributed by atoms with van der Waals surface area (Å²) in [4.78, 5) is 0. The zero-order chi connectivity index (χ0) is 17.9. The van der Waals surface area contributed by atoms with Crippen molar-refractivity contribution in [1.29, 1.82) is 5.26 Å². The summed E-state index contributed by atoms with van der Waals surface area (Å²) < 4.78 is 66.1. The quantitative estimate of drug-likeness (QED) is 0.877. The number of hydrogen-bond acceptors (Lipinski definition) is 5. The minimum atomic E-state index is -5.16. The fourth-order valence-corrected chi connectivity index (χ4v) is 2.82. The van der Waals surface area contributed by atoms with Crippen LogP contribution >= 0.6 is 0 Å². The Morgan fingerprint density at radius 1 is 1.39 bits per heavy atom. The maximum absolute atomic E-state index is 13.0. The fourth-order valence-electron chi connectivity index (χ4n) is 1.76. The summed E-state index contributed by atoms with van der Waals surface area (Å²) in [7, 11) is -2.79. The van der Waals surface area contributed by atoms with E-state index in [1.54, 1.807) is 0 Å². The highest BCUT2D eigenvalue weighted by Gasteiger charge is 2.53. The summed E-state index contributed by atoms with van der Waals surface area (Å²) in [5.74, 6) is -1.35. The van der Waals surface area contributed by atoms with Gasteiger partial charge in [-0.05, 0) is 23.8 Å². The van der Waals surface area contributed by atoms with E-state index in [2.05, 4.69) is 0 Å². The molecule has 0 saturated carbocycles. The molecule has 23 heavy (non-hydrogen) atoms. The maximum Gasteiger partial charge on any atom is 0.421 e. The van der Waals surface area contributed by atoms with E-state index in [1.807, 2.05) is 6.07 Å². The Labute approximate surface area is 131 Å². The molecule has 0 aliphatic rings. The molecule has 1 aromatic carbocycles. The molecule has 0 heterocycles. The van der Waals surface area contributed by atoms with Crippen LogP contribution in [0.1, 0.15) is 11.1 Å². The van der Waals surface area contributed by atoms with Crippen molar-refractivity contribution in [2.75, 3.05) is 19.1 Å². The van der Waals surface area contributed by atoms with E-state index in [1.165, 1.54) is 25.3 Å². The van der Waals surface area contributed by atoms with Crippen LogP contribution < -0.4 is 4.74 Å². The Morgan fingerprint density at radius 2 is 2.00 bits per heavy atom. The molecule has 1 aromatic rings. The normalized spacial score (nSPS) is 15.2. The van der Waals surface area contributed by atoms with Crippen molar-refractivity contribution >= 4 is 15.9 Å². The molecule has 0 saturated heterocycles. The summed E-state index contributed by atoms with van der Waals surface area (Å²) >= 11 is 0. The van der Waals surface area contributed by atoms with Gasteiger partial charge in [0.1, 0.15) is 11.8 Å². The highest BCUT2D eigenvalue weighted by atomic mass is 32.2. The van der Waals surface area contributed by atoms with Gasteiger partial charge in [0.05, 0.1) is 18.4 Å². The Balaban J connectivity index is 3.24. The predicted molar refractivity (Wildman–Crippen MR) is 77.5 cm³/mol. The van der Waals surface area contributed by atoms with Gasteiger partial charge in [0.2, 0.25) is 0 Å². The van der Waals surface area contributed by atoms with Gasteiger partial charge in [0.15, 0.2) is 15.4 Å². The number of halogens is 3. The molecule has 1 atom stereocenters. The van der Waals surface area contributed by atoms with Crippen LogP contribution in [0, 0.1) is 11.3 Å². The van der Waals surface area contributed by atoms with Crippen molar-refractivity contribution in [1.82, 2.24) is 0 Å². The van der Waals surface area contributed by atoms with Gasteiger partial charge in [0, 0.05) is 6.26 Å². The number of methoxy groups -OCH3 is 1. The average molecular weight is 349 g/mol. The molecule has 1 N–H and O–H groups in total. The van der Waals surface area contributed by atoms with Gasteiger partial charge in [-0.25, -0.2) is 8.42 Å². The molecular weight excluding hydrogens is 335 g/mol. The lowest BCUT2D eigenvalue weighted by molar-refractivity contribution is -0.230. The highest BCUT2D eigenvalue weighted by Crippen LogP contribution is 2.33. The molecule has 5 nitrogen and oxygen atoms in total. The lowest BCUT2D eigenvalue weighted by Crippen LogP contribution is -2.48. The number of aliphatic hydroxyl groups is 1. The summed E-state index contributed by atoms with van der Waals surface area (Å²) in [6.07, 6.45) is -3.28. The summed E-state index contributed by atoms with van der Waals surface area (Å²) in [5, 5.41) is 18.5. The van der Waals surface area contributed by atoms with Crippen LogP contribution in [0.5, 0.6) is 5.75 Å². The number of nitriles is 1. The second-order valence-electron chi connectivity index (χ2n) is 4.90. The van der Waals surface area contributed by atoms with Crippen LogP contribution in [0.25, 0.3) is 6.08 Å². The largest absolute Gasteiger partial charge is 0.495 e.